The molecular weight excluding hydrogens is 240 g/mol. The van der Waals surface area contributed by atoms with E-state index in [0.29, 0.717) is 5.75 Å². The fraction of sp³-hybridized carbons (Fsp3) is 0.417. The summed E-state index contributed by atoms with van der Waals surface area (Å²) in [6.45, 7) is -1.84. The molecule has 1 rings (SSSR count). The Bertz CT molecular complexity index is 352. The highest BCUT2D eigenvalue weighted by atomic mass is 16.7. The average molecular weight is 256 g/mol. The van der Waals surface area contributed by atoms with Gasteiger partial charge < -0.3 is 24.8 Å². The van der Waals surface area contributed by atoms with E-state index in [-0.39, 0.29) is 6.61 Å². The second kappa shape index (κ2) is 6.95. The van der Waals surface area contributed by atoms with Crippen LogP contribution in [-0.2, 0) is 4.74 Å². The van der Waals surface area contributed by atoms with E-state index in [9.17, 15) is 4.79 Å². The predicted octanol–water partition coefficient (Wildman–Crippen LogP) is 0.165. The standard InChI is InChI=1S/C12H16O6/c13-6-12(7-14,8-15)9-17-11(16)18-10-4-2-1-3-5-10/h1-5,13-15H,6-9H2. The molecule has 0 spiro atoms. The fourth-order valence-corrected chi connectivity index (χ4v) is 1.11. The Morgan fingerprint density at radius 1 is 1.06 bits per heavy atom. The molecule has 0 bridgehead atoms. The SMILES string of the molecule is O=C(OCC(CO)(CO)CO)Oc1ccccc1. The Morgan fingerprint density at radius 2 is 1.61 bits per heavy atom. The monoisotopic (exact) mass is 256 g/mol. The molecule has 0 aliphatic carbocycles. The Balaban J connectivity index is 2.46. The van der Waals surface area contributed by atoms with Gasteiger partial charge in [-0.1, -0.05) is 18.2 Å². The Morgan fingerprint density at radius 3 is 2.11 bits per heavy atom. The molecule has 0 unspecified atom stereocenters. The van der Waals surface area contributed by atoms with E-state index in [1.165, 1.54) is 0 Å². The lowest BCUT2D eigenvalue weighted by Crippen LogP contribution is -2.39. The molecule has 0 radical (unpaired) electrons. The van der Waals surface area contributed by atoms with Crippen molar-refractivity contribution in [3.63, 3.8) is 0 Å². The lowest BCUT2D eigenvalue weighted by Gasteiger charge is -2.26. The van der Waals surface area contributed by atoms with Gasteiger partial charge in [-0.05, 0) is 12.1 Å². The minimum Gasteiger partial charge on any atom is -0.433 e. The van der Waals surface area contributed by atoms with Crippen molar-refractivity contribution in [1.82, 2.24) is 0 Å². The van der Waals surface area contributed by atoms with E-state index >= 15 is 0 Å². The normalized spacial score (nSPS) is 11.1. The van der Waals surface area contributed by atoms with Gasteiger partial charge >= 0.3 is 6.16 Å². The first-order valence-electron chi connectivity index (χ1n) is 5.38. The Hall–Kier alpha value is -1.63. The van der Waals surface area contributed by atoms with Crippen LogP contribution in [0.25, 0.3) is 0 Å². The Labute approximate surface area is 104 Å². The summed E-state index contributed by atoms with van der Waals surface area (Å²) < 4.78 is 9.58. The molecule has 0 atom stereocenters. The molecule has 1 aromatic rings. The highest BCUT2D eigenvalue weighted by Gasteiger charge is 2.30. The van der Waals surface area contributed by atoms with Gasteiger partial charge in [-0.3, -0.25) is 0 Å². The van der Waals surface area contributed by atoms with Crippen molar-refractivity contribution in [1.29, 1.82) is 0 Å². The lowest BCUT2D eigenvalue weighted by molar-refractivity contribution is -0.0444. The van der Waals surface area contributed by atoms with Crippen LogP contribution in [0.2, 0.25) is 0 Å². The number of rotatable bonds is 6. The molecule has 1 aromatic carbocycles. The van der Waals surface area contributed by atoms with E-state index < -0.39 is 31.4 Å². The maximum absolute atomic E-state index is 11.3. The average Bonchev–Trinajstić information content (AvgIpc) is 2.42. The molecule has 0 amide bonds. The maximum atomic E-state index is 11.3. The molecule has 6 nitrogen and oxygen atoms in total. The molecule has 0 heterocycles. The number of aliphatic hydroxyl groups excluding tert-OH is 3. The van der Waals surface area contributed by atoms with E-state index in [1.807, 2.05) is 0 Å². The number of aliphatic hydroxyl groups is 3. The number of carbonyl (C=O) groups excluding carboxylic acids is 1. The van der Waals surface area contributed by atoms with E-state index in [1.54, 1.807) is 30.3 Å². The summed E-state index contributed by atoms with van der Waals surface area (Å²) in [4.78, 5) is 11.3. The lowest BCUT2D eigenvalue weighted by atomic mass is 9.93. The van der Waals surface area contributed by atoms with Crippen LogP contribution in [0, 0.1) is 5.41 Å². The van der Waals surface area contributed by atoms with Crippen LogP contribution < -0.4 is 4.74 Å². The molecule has 0 aromatic heterocycles. The minimum absolute atomic E-state index is 0.324. The first-order valence-corrected chi connectivity index (χ1v) is 5.38. The predicted molar refractivity (Wildman–Crippen MR) is 62.1 cm³/mol. The van der Waals surface area contributed by atoms with Crippen LogP contribution >= 0.6 is 0 Å². The number of ether oxygens (including phenoxy) is 2. The van der Waals surface area contributed by atoms with Crippen molar-refractivity contribution in [2.45, 2.75) is 0 Å². The smallest absolute Gasteiger partial charge is 0.433 e. The zero-order valence-electron chi connectivity index (χ0n) is 9.78. The van der Waals surface area contributed by atoms with Gasteiger partial charge in [-0.25, -0.2) is 4.79 Å². The van der Waals surface area contributed by atoms with Gasteiger partial charge in [0.1, 0.15) is 12.4 Å². The van der Waals surface area contributed by atoms with Crippen molar-refractivity contribution in [3.05, 3.63) is 30.3 Å². The highest BCUT2D eigenvalue weighted by molar-refractivity contribution is 5.63. The molecular formula is C12H16O6. The summed E-state index contributed by atoms with van der Waals surface area (Å²) in [7, 11) is 0. The molecule has 0 aliphatic heterocycles. The molecule has 18 heavy (non-hydrogen) atoms. The van der Waals surface area contributed by atoms with Crippen LogP contribution in [0.5, 0.6) is 5.75 Å². The molecule has 0 saturated carbocycles. The third kappa shape index (κ3) is 3.99. The summed E-state index contributed by atoms with van der Waals surface area (Å²) >= 11 is 0. The van der Waals surface area contributed by atoms with Gasteiger partial charge in [0.2, 0.25) is 0 Å². The van der Waals surface area contributed by atoms with Crippen molar-refractivity contribution in [2.75, 3.05) is 26.4 Å². The minimum atomic E-state index is -1.25. The highest BCUT2D eigenvalue weighted by Crippen LogP contribution is 2.16. The summed E-state index contributed by atoms with van der Waals surface area (Å²) in [5, 5.41) is 27.1. The number of benzene rings is 1. The zero-order valence-corrected chi connectivity index (χ0v) is 9.78. The number of carbonyl (C=O) groups is 1. The van der Waals surface area contributed by atoms with Crippen LogP contribution in [0.1, 0.15) is 0 Å². The largest absolute Gasteiger partial charge is 0.513 e. The van der Waals surface area contributed by atoms with E-state index in [2.05, 4.69) is 0 Å². The molecule has 100 valence electrons. The summed E-state index contributed by atoms with van der Waals surface area (Å²) in [5.41, 5.74) is -1.25. The van der Waals surface area contributed by atoms with Gasteiger partial charge in [0, 0.05) is 0 Å². The number of hydrogen-bond donors (Lipinski definition) is 3. The molecule has 0 fully saturated rings. The van der Waals surface area contributed by atoms with Crippen molar-refractivity contribution < 1.29 is 29.6 Å². The van der Waals surface area contributed by atoms with Crippen molar-refractivity contribution in [3.8, 4) is 5.75 Å². The molecule has 6 heteroatoms. The van der Waals surface area contributed by atoms with Crippen molar-refractivity contribution >= 4 is 6.16 Å². The molecule has 3 N–H and O–H groups in total. The maximum Gasteiger partial charge on any atom is 0.513 e. The van der Waals surface area contributed by atoms with E-state index in [4.69, 9.17) is 24.8 Å². The number of hydrogen-bond acceptors (Lipinski definition) is 6. The van der Waals surface area contributed by atoms with Crippen LogP contribution in [0.15, 0.2) is 30.3 Å². The first kappa shape index (κ1) is 14.4. The molecule has 0 saturated heterocycles. The summed E-state index contributed by atoms with van der Waals surface area (Å²) in [5.74, 6) is 0.324. The van der Waals surface area contributed by atoms with Gasteiger partial charge in [0.05, 0.1) is 25.2 Å². The fourth-order valence-electron chi connectivity index (χ4n) is 1.11. The summed E-state index contributed by atoms with van der Waals surface area (Å²) in [6.07, 6.45) is -0.957. The zero-order chi connectivity index (χ0) is 13.4. The molecule has 0 aliphatic rings. The van der Waals surface area contributed by atoms with Gasteiger partial charge in [-0.15, -0.1) is 0 Å². The second-order valence-electron chi connectivity index (χ2n) is 3.93. The number of para-hydroxylation sites is 1. The van der Waals surface area contributed by atoms with Crippen LogP contribution in [0.3, 0.4) is 0 Å². The first-order chi connectivity index (χ1) is 8.65. The second-order valence-corrected chi connectivity index (χ2v) is 3.93. The van der Waals surface area contributed by atoms with Crippen molar-refractivity contribution in [2.24, 2.45) is 5.41 Å². The topological polar surface area (TPSA) is 96.2 Å². The van der Waals surface area contributed by atoms with Gasteiger partial charge in [0.25, 0.3) is 0 Å². The van der Waals surface area contributed by atoms with Gasteiger partial charge in [-0.2, -0.15) is 0 Å². The summed E-state index contributed by atoms with van der Waals surface area (Å²) in [6, 6.07) is 8.33. The van der Waals surface area contributed by atoms with Gasteiger partial charge in [0.15, 0.2) is 0 Å². The van der Waals surface area contributed by atoms with Crippen LogP contribution in [-0.4, -0.2) is 47.9 Å². The Kier molecular flexibility index (Phi) is 5.57. The quantitative estimate of drug-likeness (QED) is 0.496. The third-order valence-electron chi connectivity index (χ3n) is 2.45. The van der Waals surface area contributed by atoms with Crippen LogP contribution in [0.4, 0.5) is 4.79 Å². The third-order valence-corrected chi connectivity index (χ3v) is 2.45. The van der Waals surface area contributed by atoms with E-state index in [0.717, 1.165) is 0 Å².